The number of aromatic nitrogens is 1. The summed E-state index contributed by atoms with van der Waals surface area (Å²) in [5.41, 5.74) is 2.89. The molecule has 0 unspecified atom stereocenters. The first kappa shape index (κ1) is 11.9. The van der Waals surface area contributed by atoms with Gasteiger partial charge in [0.1, 0.15) is 11.5 Å². The Hall–Kier alpha value is -1.62. The molecule has 1 aromatic rings. The highest BCUT2D eigenvalue weighted by Crippen LogP contribution is 2.23. The largest absolute Gasteiger partial charge is 0.337 e. The molecule has 5 nitrogen and oxygen atoms in total. The number of amides is 1. The Kier molecular flexibility index (Phi) is 3.58. The molecule has 0 spiro atoms. The molecule has 92 valence electrons. The van der Waals surface area contributed by atoms with E-state index in [1.165, 1.54) is 12.8 Å². The van der Waals surface area contributed by atoms with Gasteiger partial charge in [-0.15, -0.1) is 0 Å². The second-order valence-corrected chi connectivity index (χ2v) is 4.41. The Morgan fingerprint density at radius 3 is 2.82 bits per heavy atom. The standard InChI is InChI=1S/C12H18N4O/c1-16(9-5-2-3-6-9)12(17)10-7-4-8-11(14-10)15-13/h4,7-9H,2-3,5-6,13H2,1H3,(H,14,15). The van der Waals surface area contributed by atoms with Crippen LogP contribution in [0.2, 0.25) is 0 Å². The summed E-state index contributed by atoms with van der Waals surface area (Å²) >= 11 is 0. The first-order valence-electron chi connectivity index (χ1n) is 5.93. The molecule has 1 aliphatic rings. The van der Waals surface area contributed by atoms with Gasteiger partial charge >= 0.3 is 0 Å². The zero-order chi connectivity index (χ0) is 12.3. The van der Waals surface area contributed by atoms with Crippen molar-refractivity contribution < 1.29 is 4.79 Å². The first-order chi connectivity index (χ1) is 8.22. The minimum atomic E-state index is -0.0333. The van der Waals surface area contributed by atoms with Crippen LogP contribution in [-0.2, 0) is 0 Å². The van der Waals surface area contributed by atoms with Crippen LogP contribution < -0.4 is 11.3 Å². The Labute approximate surface area is 101 Å². The van der Waals surface area contributed by atoms with Gasteiger partial charge in [-0.05, 0) is 25.0 Å². The van der Waals surface area contributed by atoms with Crippen molar-refractivity contribution in [3.63, 3.8) is 0 Å². The van der Waals surface area contributed by atoms with Crippen LogP contribution in [0.4, 0.5) is 5.82 Å². The van der Waals surface area contributed by atoms with E-state index in [1.54, 1.807) is 23.1 Å². The molecule has 1 heterocycles. The van der Waals surface area contributed by atoms with Crippen molar-refractivity contribution in [1.82, 2.24) is 9.88 Å². The Morgan fingerprint density at radius 1 is 1.47 bits per heavy atom. The Morgan fingerprint density at radius 2 is 2.18 bits per heavy atom. The van der Waals surface area contributed by atoms with Crippen LogP contribution in [0.3, 0.4) is 0 Å². The SMILES string of the molecule is CN(C(=O)c1cccc(NN)n1)C1CCCC1. The van der Waals surface area contributed by atoms with Gasteiger partial charge in [-0.3, -0.25) is 4.79 Å². The molecule has 1 aromatic heterocycles. The highest BCUT2D eigenvalue weighted by molar-refractivity contribution is 5.92. The third-order valence-corrected chi connectivity index (χ3v) is 3.31. The lowest BCUT2D eigenvalue weighted by molar-refractivity contribution is 0.0729. The smallest absolute Gasteiger partial charge is 0.272 e. The zero-order valence-corrected chi connectivity index (χ0v) is 10.0. The Bertz CT molecular complexity index is 401. The summed E-state index contributed by atoms with van der Waals surface area (Å²) in [6.45, 7) is 0. The van der Waals surface area contributed by atoms with Crippen molar-refractivity contribution in [2.45, 2.75) is 31.7 Å². The van der Waals surface area contributed by atoms with Gasteiger partial charge in [-0.25, -0.2) is 10.8 Å². The van der Waals surface area contributed by atoms with E-state index in [1.807, 2.05) is 7.05 Å². The van der Waals surface area contributed by atoms with Crippen LogP contribution in [-0.4, -0.2) is 28.9 Å². The molecular formula is C12H18N4O. The number of rotatable bonds is 3. The number of carbonyl (C=O) groups is 1. The van der Waals surface area contributed by atoms with Gasteiger partial charge in [0, 0.05) is 13.1 Å². The molecule has 5 heteroatoms. The van der Waals surface area contributed by atoms with Crippen LogP contribution in [0.15, 0.2) is 18.2 Å². The van der Waals surface area contributed by atoms with E-state index in [-0.39, 0.29) is 5.91 Å². The summed E-state index contributed by atoms with van der Waals surface area (Å²) < 4.78 is 0. The van der Waals surface area contributed by atoms with Gasteiger partial charge in [0.05, 0.1) is 0 Å². The van der Waals surface area contributed by atoms with Gasteiger partial charge in [0.15, 0.2) is 0 Å². The van der Waals surface area contributed by atoms with Gasteiger partial charge in [-0.1, -0.05) is 18.9 Å². The van der Waals surface area contributed by atoms with Crippen LogP contribution in [0.1, 0.15) is 36.2 Å². The summed E-state index contributed by atoms with van der Waals surface area (Å²) in [4.78, 5) is 18.2. The number of nitrogens with one attached hydrogen (secondary N) is 1. The fourth-order valence-electron chi connectivity index (χ4n) is 2.27. The van der Waals surface area contributed by atoms with E-state index in [2.05, 4.69) is 10.4 Å². The molecule has 1 saturated carbocycles. The quantitative estimate of drug-likeness (QED) is 0.612. The molecule has 0 saturated heterocycles. The zero-order valence-electron chi connectivity index (χ0n) is 10.0. The van der Waals surface area contributed by atoms with Crippen LogP contribution >= 0.6 is 0 Å². The van der Waals surface area contributed by atoms with Crippen molar-refractivity contribution in [2.24, 2.45) is 5.84 Å². The summed E-state index contributed by atoms with van der Waals surface area (Å²) in [6.07, 6.45) is 4.61. The maximum absolute atomic E-state index is 12.2. The lowest BCUT2D eigenvalue weighted by Gasteiger charge is -2.23. The number of carbonyl (C=O) groups excluding carboxylic acids is 1. The highest BCUT2D eigenvalue weighted by atomic mass is 16.2. The number of nitrogens with two attached hydrogens (primary N) is 1. The minimum absolute atomic E-state index is 0.0333. The number of hydrogen-bond donors (Lipinski definition) is 2. The molecule has 0 bridgehead atoms. The van der Waals surface area contributed by atoms with E-state index >= 15 is 0 Å². The second-order valence-electron chi connectivity index (χ2n) is 4.41. The van der Waals surface area contributed by atoms with Crippen LogP contribution in [0.5, 0.6) is 0 Å². The van der Waals surface area contributed by atoms with Gasteiger partial charge in [0.2, 0.25) is 0 Å². The van der Waals surface area contributed by atoms with Crippen molar-refractivity contribution in [3.05, 3.63) is 23.9 Å². The summed E-state index contributed by atoms with van der Waals surface area (Å²) in [5.74, 6) is 5.76. The molecule has 2 rings (SSSR count). The topological polar surface area (TPSA) is 71.2 Å². The van der Waals surface area contributed by atoms with E-state index < -0.39 is 0 Å². The average molecular weight is 234 g/mol. The van der Waals surface area contributed by atoms with Gasteiger partial charge in [0.25, 0.3) is 5.91 Å². The molecule has 0 atom stereocenters. The number of hydrazine groups is 1. The molecule has 0 aromatic carbocycles. The molecule has 1 amide bonds. The summed E-state index contributed by atoms with van der Waals surface area (Å²) in [5, 5.41) is 0. The van der Waals surface area contributed by atoms with Crippen molar-refractivity contribution in [2.75, 3.05) is 12.5 Å². The second kappa shape index (κ2) is 5.14. The van der Waals surface area contributed by atoms with E-state index in [0.29, 0.717) is 17.6 Å². The predicted octanol–water partition coefficient (Wildman–Crippen LogP) is 1.38. The third-order valence-electron chi connectivity index (χ3n) is 3.31. The molecule has 0 aliphatic heterocycles. The van der Waals surface area contributed by atoms with Crippen LogP contribution in [0, 0.1) is 0 Å². The normalized spacial score (nSPS) is 15.9. The van der Waals surface area contributed by atoms with E-state index in [4.69, 9.17) is 5.84 Å². The molecule has 17 heavy (non-hydrogen) atoms. The number of hydrogen-bond acceptors (Lipinski definition) is 4. The van der Waals surface area contributed by atoms with Gasteiger partial charge < -0.3 is 10.3 Å². The van der Waals surface area contributed by atoms with Crippen molar-refractivity contribution >= 4 is 11.7 Å². The maximum atomic E-state index is 12.2. The summed E-state index contributed by atoms with van der Waals surface area (Å²) in [6, 6.07) is 5.58. The fraction of sp³-hybridized carbons (Fsp3) is 0.500. The summed E-state index contributed by atoms with van der Waals surface area (Å²) in [7, 11) is 1.85. The number of anilines is 1. The average Bonchev–Trinajstić information content (AvgIpc) is 2.91. The lowest BCUT2D eigenvalue weighted by Crippen LogP contribution is -2.35. The number of nitrogens with zero attached hydrogens (tertiary/aromatic N) is 2. The highest BCUT2D eigenvalue weighted by Gasteiger charge is 2.24. The van der Waals surface area contributed by atoms with Crippen molar-refractivity contribution in [3.8, 4) is 0 Å². The van der Waals surface area contributed by atoms with E-state index in [0.717, 1.165) is 12.8 Å². The van der Waals surface area contributed by atoms with E-state index in [9.17, 15) is 4.79 Å². The Balaban J connectivity index is 2.12. The molecular weight excluding hydrogens is 216 g/mol. The molecule has 0 radical (unpaired) electrons. The first-order valence-corrected chi connectivity index (χ1v) is 5.93. The van der Waals surface area contributed by atoms with Crippen LogP contribution in [0.25, 0.3) is 0 Å². The maximum Gasteiger partial charge on any atom is 0.272 e. The predicted molar refractivity (Wildman–Crippen MR) is 66.4 cm³/mol. The number of nitrogen functional groups attached to an aromatic ring is 1. The van der Waals surface area contributed by atoms with Crippen molar-refractivity contribution in [1.29, 1.82) is 0 Å². The number of pyridine rings is 1. The monoisotopic (exact) mass is 234 g/mol. The fourth-order valence-corrected chi connectivity index (χ4v) is 2.27. The molecule has 3 N–H and O–H groups in total. The minimum Gasteiger partial charge on any atom is -0.337 e. The van der Waals surface area contributed by atoms with Gasteiger partial charge in [-0.2, -0.15) is 0 Å². The lowest BCUT2D eigenvalue weighted by atomic mass is 10.2. The molecule has 1 fully saturated rings. The molecule has 1 aliphatic carbocycles. The third kappa shape index (κ3) is 2.55.